The third-order valence-electron chi connectivity index (χ3n) is 3.98. The highest BCUT2D eigenvalue weighted by Gasteiger charge is 2.18. The Morgan fingerprint density at radius 1 is 1.10 bits per heavy atom. The van der Waals surface area contributed by atoms with Crippen LogP contribution in [0.1, 0.15) is 20.2 Å². The fraction of sp³-hybridized carbons (Fsp3) is 0.158. The van der Waals surface area contributed by atoms with E-state index in [4.69, 9.17) is 4.11 Å². The lowest BCUT2D eigenvalue weighted by Crippen LogP contribution is -2.21. The monoisotopic (exact) mass is 433 g/mol. The van der Waals surface area contributed by atoms with Crippen LogP contribution in [0.25, 0.3) is 0 Å². The summed E-state index contributed by atoms with van der Waals surface area (Å²) in [5.41, 5.74) is 0.0552. The van der Waals surface area contributed by atoms with Crippen molar-refractivity contribution in [2.45, 2.75) is 11.8 Å². The predicted molar refractivity (Wildman–Crippen MR) is 110 cm³/mol. The molecule has 3 N–H and O–H groups in total. The number of aromatic nitrogens is 3. The highest BCUT2D eigenvalue weighted by atomic mass is 32.2. The molecule has 0 atom stereocenters. The molecule has 1 aromatic carbocycles. The number of rotatable bonds is 6. The molecule has 0 fully saturated rings. The fourth-order valence-electron chi connectivity index (χ4n) is 2.55. The summed E-state index contributed by atoms with van der Waals surface area (Å²) in [5, 5.41) is 15.1. The van der Waals surface area contributed by atoms with Crippen LogP contribution >= 0.6 is 0 Å². The van der Waals surface area contributed by atoms with Gasteiger partial charge in [0.2, 0.25) is 0 Å². The van der Waals surface area contributed by atoms with Gasteiger partial charge in [-0.05, 0) is 30.7 Å². The first-order valence-corrected chi connectivity index (χ1v) is 10.4. The van der Waals surface area contributed by atoms with Crippen molar-refractivity contribution in [1.29, 1.82) is 0 Å². The average Bonchev–Trinajstić information content (AvgIpc) is 2.69. The van der Waals surface area contributed by atoms with Crippen molar-refractivity contribution < 1.29 is 21.7 Å². The third kappa shape index (κ3) is 4.69. The Kier molecular flexibility index (Phi) is 4.84. The molecular weight excluding hydrogens is 411 g/mol. The van der Waals surface area contributed by atoms with E-state index in [0.717, 1.165) is 12.5 Å². The van der Waals surface area contributed by atoms with E-state index in [-0.39, 0.29) is 33.6 Å². The molecule has 2 heterocycles. The van der Waals surface area contributed by atoms with Crippen LogP contribution < -0.4 is 16.0 Å². The lowest BCUT2D eigenvalue weighted by Gasteiger charge is -2.14. The van der Waals surface area contributed by atoms with Crippen molar-refractivity contribution >= 4 is 38.8 Å². The second-order valence-corrected chi connectivity index (χ2v) is 8.27. The molecule has 0 aliphatic carbocycles. The number of nitrogens with one attached hydrogen (secondary N) is 3. The van der Waals surface area contributed by atoms with E-state index in [1.165, 1.54) is 30.3 Å². The summed E-state index contributed by atoms with van der Waals surface area (Å²) in [6.45, 7) is -1.24. The Hall–Kier alpha value is -3.60. The summed E-state index contributed by atoms with van der Waals surface area (Å²) in [5.74, 6) is -1.23. The topological polar surface area (TPSA) is 126 Å². The molecule has 30 heavy (non-hydrogen) atoms. The maximum Gasteiger partial charge on any atom is 0.273 e. The normalized spacial score (nSPS) is 13.0. The molecule has 0 saturated carbocycles. The van der Waals surface area contributed by atoms with Gasteiger partial charge in [-0.2, -0.15) is 0 Å². The number of halogens is 1. The van der Waals surface area contributed by atoms with E-state index >= 15 is 0 Å². The van der Waals surface area contributed by atoms with Crippen molar-refractivity contribution in [2.75, 3.05) is 23.9 Å². The van der Waals surface area contributed by atoms with Crippen molar-refractivity contribution in [3.8, 4) is 0 Å². The lowest BCUT2D eigenvalue weighted by atomic mass is 10.2. The van der Waals surface area contributed by atoms with Gasteiger partial charge in [-0.25, -0.2) is 17.8 Å². The van der Waals surface area contributed by atoms with Gasteiger partial charge in [0.05, 0.1) is 22.5 Å². The molecule has 0 spiro atoms. The van der Waals surface area contributed by atoms with Gasteiger partial charge in [0.1, 0.15) is 11.6 Å². The Morgan fingerprint density at radius 2 is 1.87 bits per heavy atom. The van der Waals surface area contributed by atoms with Gasteiger partial charge >= 0.3 is 0 Å². The maximum absolute atomic E-state index is 13.5. The number of hydrogen-bond acceptors (Lipinski definition) is 8. The summed E-state index contributed by atoms with van der Waals surface area (Å²) in [6.07, 6.45) is 2.04. The second-order valence-electron chi connectivity index (χ2n) is 6.28. The smallest absolute Gasteiger partial charge is 0.273 e. The summed E-state index contributed by atoms with van der Waals surface area (Å²) in [6, 6.07) is 8.71. The van der Waals surface area contributed by atoms with Crippen LogP contribution in [0.2, 0.25) is 0 Å². The fourth-order valence-corrected chi connectivity index (χ4v) is 3.40. The Morgan fingerprint density at radius 3 is 2.57 bits per heavy atom. The predicted octanol–water partition coefficient (Wildman–Crippen LogP) is 2.57. The SMILES string of the molecule is [2H]C([2H])([2H])NC(=O)c1nnc(Nc2cc(C)c(F)cn2)cc1Nc1ccccc1S(C)(=O)=O. The van der Waals surface area contributed by atoms with Crippen LogP contribution in [-0.2, 0) is 9.84 Å². The molecular formula is C19H19FN6O3S. The van der Waals surface area contributed by atoms with Crippen LogP contribution in [0.5, 0.6) is 0 Å². The minimum atomic E-state index is -3.63. The highest BCUT2D eigenvalue weighted by Crippen LogP contribution is 2.28. The van der Waals surface area contributed by atoms with Gasteiger partial charge in [-0.3, -0.25) is 4.79 Å². The van der Waals surface area contributed by atoms with Crippen LogP contribution in [0, 0.1) is 12.7 Å². The number of benzene rings is 1. The standard InChI is InChI=1S/C19H19FN6O3S/c1-11-8-16(22-10-12(11)20)24-17-9-14(18(26-25-17)19(27)21-2)23-13-6-4-5-7-15(13)30(3,28)29/h4-10H,1-3H3,(H,21,27)(H2,22,23,24,25)/i2D3. The van der Waals surface area contributed by atoms with E-state index < -0.39 is 28.5 Å². The zero-order valence-electron chi connectivity index (χ0n) is 18.9. The number of nitrogens with zero attached hydrogens (tertiary/aromatic N) is 3. The number of amides is 1. The lowest BCUT2D eigenvalue weighted by molar-refractivity contribution is 0.0958. The zero-order chi connectivity index (χ0) is 24.4. The van der Waals surface area contributed by atoms with Crippen molar-refractivity contribution in [2.24, 2.45) is 0 Å². The van der Waals surface area contributed by atoms with E-state index in [2.05, 4.69) is 25.8 Å². The number of para-hydroxylation sites is 1. The van der Waals surface area contributed by atoms with Gasteiger partial charge in [0.25, 0.3) is 5.91 Å². The number of aryl methyl sites for hydroxylation is 1. The molecule has 9 nitrogen and oxygen atoms in total. The van der Waals surface area contributed by atoms with Gasteiger partial charge in [0, 0.05) is 23.4 Å². The first kappa shape index (κ1) is 17.3. The van der Waals surface area contributed by atoms with Gasteiger partial charge in [-0.1, -0.05) is 12.1 Å². The molecule has 156 valence electrons. The van der Waals surface area contributed by atoms with Crippen LogP contribution in [-0.4, -0.2) is 42.7 Å². The van der Waals surface area contributed by atoms with Crippen LogP contribution in [0.4, 0.5) is 27.4 Å². The summed E-state index contributed by atoms with van der Waals surface area (Å²) < 4.78 is 59.5. The number of carbonyl (C=O) groups excluding carboxylic acids is 1. The zero-order valence-corrected chi connectivity index (χ0v) is 16.7. The molecule has 3 rings (SSSR count). The van der Waals surface area contributed by atoms with Crippen LogP contribution in [0.15, 0.2) is 47.5 Å². The first-order valence-electron chi connectivity index (χ1n) is 9.99. The molecule has 0 bridgehead atoms. The number of anilines is 4. The number of pyridine rings is 1. The number of sulfone groups is 1. The van der Waals surface area contributed by atoms with E-state index in [9.17, 15) is 17.6 Å². The molecule has 0 saturated heterocycles. The van der Waals surface area contributed by atoms with Crippen molar-refractivity contribution in [1.82, 2.24) is 20.5 Å². The number of carbonyl (C=O) groups is 1. The molecule has 2 aromatic heterocycles. The van der Waals surface area contributed by atoms with Gasteiger partial charge in [0.15, 0.2) is 21.3 Å². The molecule has 11 heteroatoms. The Balaban J connectivity index is 2.05. The molecule has 3 aromatic rings. The molecule has 1 amide bonds. The molecule has 0 unspecified atom stereocenters. The summed E-state index contributed by atoms with van der Waals surface area (Å²) in [7, 11) is -3.63. The van der Waals surface area contributed by atoms with Crippen LogP contribution in [0.3, 0.4) is 0 Å². The van der Waals surface area contributed by atoms with Gasteiger partial charge < -0.3 is 16.0 Å². The van der Waals surface area contributed by atoms with Gasteiger partial charge in [-0.15, -0.1) is 10.2 Å². The van der Waals surface area contributed by atoms with Crippen molar-refractivity contribution in [3.63, 3.8) is 0 Å². The first-order chi connectivity index (χ1) is 15.3. The highest BCUT2D eigenvalue weighted by molar-refractivity contribution is 7.90. The largest absolute Gasteiger partial charge is 0.354 e. The average molecular weight is 433 g/mol. The molecule has 0 radical (unpaired) electrons. The second kappa shape index (κ2) is 8.41. The third-order valence-corrected chi connectivity index (χ3v) is 5.14. The number of hydrogen-bond donors (Lipinski definition) is 3. The van der Waals surface area contributed by atoms with E-state index in [1.807, 2.05) is 5.32 Å². The van der Waals surface area contributed by atoms with E-state index in [0.29, 0.717) is 5.56 Å². The molecule has 0 aliphatic heterocycles. The summed E-state index contributed by atoms with van der Waals surface area (Å²) in [4.78, 5) is 16.3. The minimum absolute atomic E-state index is 0.0239. The van der Waals surface area contributed by atoms with Crippen molar-refractivity contribution in [3.05, 3.63) is 59.7 Å². The Labute approximate surface area is 176 Å². The van der Waals surface area contributed by atoms with E-state index in [1.54, 1.807) is 13.0 Å². The Bertz CT molecular complexity index is 1320. The maximum atomic E-state index is 13.5. The molecule has 0 aliphatic rings. The minimum Gasteiger partial charge on any atom is -0.354 e. The quantitative estimate of drug-likeness (QED) is 0.542. The summed E-state index contributed by atoms with van der Waals surface area (Å²) >= 11 is 0.